The Hall–Kier alpha value is -2.10. The first-order valence-electron chi connectivity index (χ1n) is 5.54. The van der Waals surface area contributed by atoms with Gasteiger partial charge in [-0.1, -0.05) is 24.3 Å². The zero-order valence-electron chi connectivity index (χ0n) is 10.7. The summed E-state index contributed by atoms with van der Waals surface area (Å²) in [7, 11) is 1.54. The Morgan fingerprint density at radius 1 is 0.900 bits per heavy atom. The molecule has 1 radical (unpaired) electrons. The average Bonchev–Trinajstić information content (AvgIpc) is 2.48. The summed E-state index contributed by atoms with van der Waals surface area (Å²) in [6, 6.07) is 13.5. The SMILES string of the molecule is COc1ccccc1C=O.O=Cc1ccccc1O.[Cu]. The number of carbonyl (C=O) groups is 2. The van der Waals surface area contributed by atoms with Gasteiger partial charge in [0.05, 0.1) is 18.2 Å². The van der Waals surface area contributed by atoms with E-state index in [2.05, 4.69) is 0 Å². The van der Waals surface area contributed by atoms with Gasteiger partial charge >= 0.3 is 0 Å². The van der Waals surface area contributed by atoms with Crippen molar-refractivity contribution < 1.29 is 36.5 Å². The van der Waals surface area contributed by atoms with Crippen LogP contribution >= 0.6 is 0 Å². The number of para-hydroxylation sites is 2. The van der Waals surface area contributed by atoms with E-state index in [1.807, 2.05) is 6.07 Å². The number of benzene rings is 2. The minimum Gasteiger partial charge on any atom is -0.507 e. The van der Waals surface area contributed by atoms with E-state index in [4.69, 9.17) is 9.84 Å². The van der Waals surface area contributed by atoms with Crippen molar-refractivity contribution in [3.05, 3.63) is 59.7 Å². The van der Waals surface area contributed by atoms with E-state index in [-0.39, 0.29) is 22.8 Å². The van der Waals surface area contributed by atoms with Gasteiger partial charge in [-0.3, -0.25) is 9.59 Å². The fourth-order valence-electron chi connectivity index (χ4n) is 1.35. The summed E-state index contributed by atoms with van der Waals surface area (Å²) in [6.45, 7) is 0. The molecule has 0 unspecified atom stereocenters. The van der Waals surface area contributed by atoms with Gasteiger partial charge in [-0.05, 0) is 24.3 Å². The Morgan fingerprint density at radius 2 is 1.40 bits per heavy atom. The van der Waals surface area contributed by atoms with Crippen LogP contribution in [0, 0.1) is 0 Å². The third-order valence-corrected chi connectivity index (χ3v) is 2.33. The van der Waals surface area contributed by atoms with Crippen LogP contribution in [0.5, 0.6) is 11.5 Å². The van der Waals surface area contributed by atoms with Crippen molar-refractivity contribution in [3.8, 4) is 11.5 Å². The van der Waals surface area contributed by atoms with Crippen LogP contribution in [0.15, 0.2) is 48.5 Å². The summed E-state index contributed by atoms with van der Waals surface area (Å²) >= 11 is 0. The maximum absolute atomic E-state index is 10.3. The monoisotopic (exact) mass is 321 g/mol. The number of hydrogen-bond donors (Lipinski definition) is 1. The van der Waals surface area contributed by atoms with Gasteiger partial charge < -0.3 is 9.84 Å². The van der Waals surface area contributed by atoms with Crippen molar-refractivity contribution in [1.82, 2.24) is 0 Å². The molecular weight excluding hydrogens is 308 g/mol. The Balaban J connectivity index is 0.000000345. The number of aromatic hydroxyl groups is 1. The van der Waals surface area contributed by atoms with Crippen LogP contribution in [0.1, 0.15) is 20.7 Å². The first kappa shape index (κ1) is 17.9. The van der Waals surface area contributed by atoms with E-state index >= 15 is 0 Å². The van der Waals surface area contributed by atoms with Crippen LogP contribution < -0.4 is 4.74 Å². The molecule has 0 aromatic heterocycles. The largest absolute Gasteiger partial charge is 0.507 e. The summed E-state index contributed by atoms with van der Waals surface area (Å²) < 4.78 is 4.90. The molecule has 109 valence electrons. The Kier molecular flexibility index (Phi) is 8.75. The van der Waals surface area contributed by atoms with Crippen molar-refractivity contribution >= 4 is 12.6 Å². The Bertz CT molecular complexity index is 555. The summed E-state index contributed by atoms with van der Waals surface area (Å²) in [4.78, 5) is 20.4. The summed E-state index contributed by atoms with van der Waals surface area (Å²) in [5.74, 6) is 0.657. The average molecular weight is 322 g/mol. The normalized spacial score (nSPS) is 8.45. The maximum atomic E-state index is 10.3. The predicted molar refractivity (Wildman–Crippen MR) is 71.9 cm³/mol. The van der Waals surface area contributed by atoms with Crippen molar-refractivity contribution in [2.45, 2.75) is 0 Å². The molecule has 0 aliphatic rings. The van der Waals surface area contributed by atoms with E-state index in [1.54, 1.807) is 43.5 Å². The van der Waals surface area contributed by atoms with Gasteiger partial charge in [0.15, 0.2) is 12.6 Å². The molecule has 0 amide bonds. The van der Waals surface area contributed by atoms with Gasteiger partial charge in [0.2, 0.25) is 0 Å². The first-order chi connectivity index (χ1) is 9.22. The fraction of sp³-hybridized carbons (Fsp3) is 0.0667. The molecule has 2 rings (SSSR count). The molecule has 20 heavy (non-hydrogen) atoms. The van der Waals surface area contributed by atoms with Gasteiger partial charge in [-0.25, -0.2) is 0 Å². The third-order valence-electron chi connectivity index (χ3n) is 2.33. The quantitative estimate of drug-likeness (QED) is 0.697. The first-order valence-corrected chi connectivity index (χ1v) is 5.54. The number of phenolic OH excluding ortho intramolecular Hbond substituents is 1. The molecule has 0 aliphatic heterocycles. The van der Waals surface area contributed by atoms with Crippen LogP contribution in [-0.2, 0) is 17.1 Å². The van der Waals surface area contributed by atoms with Crippen LogP contribution in [0.25, 0.3) is 0 Å². The second kappa shape index (κ2) is 9.78. The van der Waals surface area contributed by atoms with Crippen molar-refractivity contribution in [3.63, 3.8) is 0 Å². The third kappa shape index (κ3) is 5.26. The number of aldehydes is 2. The molecule has 2 aromatic carbocycles. The van der Waals surface area contributed by atoms with E-state index < -0.39 is 0 Å². The Labute approximate surface area is 127 Å². The van der Waals surface area contributed by atoms with E-state index in [0.717, 1.165) is 6.29 Å². The van der Waals surface area contributed by atoms with Gasteiger partial charge in [-0.2, -0.15) is 0 Å². The van der Waals surface area contributed by atoms with Crippen LogP contribution in [0.3, 0.4) is 0 Å². The van der Waals surface area contributed by atoms with Gasteiger partial charge in [0.1, 0.15) is 11.5 Å². The molecule has 0 spiro atoms. The van der Waals surface area contributed by atoms with Gasteiger partial charge in [0.25, 0.3) is 0 Å². The molecular formula is C15H14CuO4. The second-order valence-corrected chi connectivity index (χ2v) is 3.54. The second-order valence-electron chi connectivity index (χ2n) is 3.54. The van der Waals surface area contributed by atoms with E-state index in [1.165, 1.54) is 6.07 Å². The number of methoxy groups -OCH3 is 1. The topological polar surface area (TPSA) is 63.6 Å². The van der Waals surface area contributed by atoms with Gasteiger partial charge in [-0.15, -0.1) is 0 Å². The Morgan fingerprint density at radius 3 is 1.80 bits per heavy atom. The van der Waals surface area contributed by atoms with E-state index in [9.17, 15) is 9.59 Å². The summed E-state index contributed by atoms with van der Waals surface area (Å²) in [5, 5.41) is 8.88. The predicted octanol–water partition coefficient (Wildman–Crippen LogP) is 2.71. The molecule has 0 saturated heterocycles. The standard InChI is InChI=1S/C8H8O2.C7H6O2.Cu/c1-10-8-5-3-2-4-7(8)6-9;8-5-6-3-1-2-4-7(6)9;/h2-6H,1H3;1-5,9H;. The number of phenols is 1. The maximum Gasteiger partial charge on any atom is 0.153 e. The zero-order chi connectivity index (χ0) is 14.1. The summed E-state index contributed by atoms with van der Waals surface area (Å²) in [5.41, 5.74) is 0.919. The zero-order valence-corrected chi connectivity index (χ0v) is 11.7. The number of hydrogen-bond acceptors (Lipinski definition) is 4. The van der Waals surface area contributed by atoms with Crippen LogP contribution in [0.2, 0.25) is 0 Å². The number of ether oxygens (including phenoxy) is 1. The van der Waals surface area contributed by atoms with E-state index in [0.29, 0.717) is 23.2 Å². The number of carbonyl (C=O) groups excluding carboxylic acids is 2. The van der Waals surface area contributed by atoms with Crippen molar-refractivity contribution in [2.24, 2.45) is 0 Å². The van der Waals surface area contributed by atoms with Crippen molar-refractivity contribution in [2.75, 3.05) is 7.11 Å². The fourth-order valence-corrected chi connectivity index (χ4v) is 1.35. The minimum atomic E-state index is 0. The molecule has 0 saturated carbocycles. The van der Waals surface area contributed by atoms with Crippen LogP contribution in [0.4, 0.5) is 0 Å². The van der Waals surface area contributed by atoms with Crippen molar-refractivity contribution in [1.29, 1.82) is 0 Å². The van der Waals surface area contributed by atoms with Crippen LogP contribution in [-0.4, -0.2) is 24.8 Å². The number of rotatable bonds is 3. The molecule has 1 N–H and O–H groups in total. The molecule has 0 bridgehead atoms. The smallest absolute Gasteiger partial charge is 0.153 e. The molecule has 0 aliphatic carbocycles. The molecule has 2 aromatic rings. The molecule has 0 fully saturated rings. The minimum absolute atomic E-state index is 0. The van der Waals surface area contributed by atoms with Gasteiger partial charge in [0, 0.05) is 17.1 Å². The molecule has 0 atom stereocenters. The molecule has 5 heteroatoms. The molecule has 0 heterocycles. The summed E-state index contributed by atoms with van der Waals surface area (Å²) in [6.07, 6.45) is 1.40. The molecule has 4 nitrogen and oxygen atoms in total.